The molecule has 4 nitrogen and oxygen atoms in total. The van der Waals surface area contributed by atoms with E-state index in [1.807, 2.05) is 78.7 Å². The Morgan fingerprint density at radius 3 is 1.88 bits per heavy atom. The highest BCUT2D eigenvalue weighted by Crippen LogP contribution is 2.25. The SMILES string of the molecule is Cc1ccc(N=NC=NN(c2ccccc2)c2ccc(C)cc2)cc1. The molecule has 124 valence electrons. The van der Waals surface area contributed by atoms with Crippen LogP contribution in [0.25, 0.3) is 0 Å². The first-order valence-corrected chi connectivity index (χ1v) is 8.14. The molecule has 0 N–H and O–H groups in total. The van der Waals surface area contributed by atoms with Crippen molar-refractivity contribution in [2.75, 3.05) is 5.01 Å². The second-order valence-electron chi connectivity index (χ2n) is 5.76. The number of hydrogen-bond donors (Lipinski definition) is 0. The maximum absolute atomic E-state index is 4.47. The second-order valence-corrected chi connectivity index (χ2v) is 5.76. The summed E-state index contributed by atoms with van der Waals surface area (Å²) in [5, 5.41) is 14.6. The van der Waals surface area contributed by atoms with E-state index in [4.69, 9.17) is 0 Å². The van der Waals surface area contributed by atoms with Crippen LogP contribution in [0.3, 0.4) is 0 Å². The molecule has 0 radical (unpaired) electrons. The first kappa shape index (κ1) is 16.6. The predicted octanol–water partition coefficient (Wildman–Crippen LogP) is 6.17. The molecule has 0 aromatic heterocycles. The molecule has 0 saturated heterocycles. The molecule has 0 saturated carbocycles. The summed E-state index contributed by atoms with van der Waals surface area (Å²) in [4.78, 5) is 0. The molecule has 0 spiro atoms. The van der Waals surface area contributed by atoms with Crippen molar-refractivity contribution >= 4 is 23.4 Å². The number of rotatable bonds is 5. The smallest absolute Gasteiger partial charge is 0.158 e. The van der Waals surface area contributed by atoms with Gasteiger partial charge in [0.15, 0.2) is 6.34 Å². The van der Waals surface area contributed by atoms with Crippen molar-refractivity contribution in [1.29, 1.82) is 0 Å². The van der Waals surface area contributed by atoms with Gasteiger partial charge < -0.3 is 0 Å². The third-order valence-electron chi connectivity index (χ3n) is 3.71. The molecule has 0 amide bonds. The number of aryl methyl sites for hydroxylation is 2. The normalized spacial score (nSPS) is 11.3. The standard InChI is InChI=1S/C21H20N4/c1-17-8-12-19(13-9-17)24-22-16-23-25(20-6-4-3-5-7-20)21-14-10-18(2)11-15-21/h3-16H,1-2H3. The number of anilines is 2. The summed E-state index contributed by atoms with van der Waals surface area (Å²) < 4.78 is 0. The van der Waals surface area contributed by atoms with Crippen LogP contribution in [-0.2, 0) is 0 Å². The molecule has 3 rings (SSSR count). The third-order valence-corrected chi connectivity index (χ3v) is 3.71. The minimum Gasteiger partial charge on any atom is -0.232 e. The molecule has 0 aliphatic heterocycles. The minimum atomic E-state index is 0.804. The number of para-hydroxylation sites is 1. The average molecular weight is 328 g/mol. The molecule has 0 unspecified atom stereocenters. The average Bonchev–Trinajstić information content (AvgIpc) is 2.65. The summed E-state index contributed by atoms with van der Waals surface area (Å²) in [5.41, 5.74) is 5.15. The van der Waals surface area contributed by atoms with Crippen LogP contribution in [0.4, 0.5) is 17.1 Å². The molecule has 0 bridgehead atoms. The first-order chi connectivity index (χ1) is 12.2. The lowest BCUT2D eigenvalue weighted by Gasteiger charge is -2.18. The third kappa shape index (κ3) is 4.61. The number of nitrogens with zero attached hydrogens (tertiary/aromatic N) is 4. The fourth-order valence-corrected chi connectivity index (χ4v) is 2.32. The summed E-state index contributed by atoms with van der Waals surface area (Å²) >= 11 is 0. The van der Waals surface area contributed by atoms with E-state index < -0.39 is 0 Å². The maximum atomic E-state index is 4.47. The van der Waals surface area contributed by atoms with Crippen molar-refractivity contribution in [1.82, 2.24) is 0 Å². The van der Waals surface area contributed by atoms with Crippen LogP contribution >= 0.6 is 0 Å². The Morgan fingerprint density at radius 1 is 0.680 bits per heavy atom. The Balaban J connectivity index is 1.82. The van der Waals surface area contributed by atoms with Crippen LogP contribution in [0, 0.1) is 13.8 Å². The molecule has 0 heterocycles. The lowest BCUT2D eigenvalue weighted by molar-refractivity contribution is 1.08. The van der Waals surface area contributed by atoms with Gasteiger partial charge in [-0.15, -0.1) is 10.2 Å². The van der Waals surface area contributed by atoms with Crippen LogP contribution in [0.2, 0.25) is 0 Å². The summed E-state index contributed by atoms with van der Waals surface area (Å²) in [7, 11) is 0. The summed E-state index contributed by atoms with van der Waals surface area (Å²) in [5.74, 6) is 0. The largest absolute Gasteiger partial charge is 0.232 e. The summed E-state index contributed by atoms with van der Waals surface area (Å²) in [6.45, 7) is 4.11. The van der Waals surface area contributed by atoms with Crippen LogP contribution < -0.4 is 5.01 Å². The van der Waals surface area contributed by atoms with Crippen LogP contribution in [-0.4, -0.2) is 6.34 Å². The predicted molar refractivity (Wildman–Crippen MR) is 104 cm³/mol. The quantitative estimate of drug-likeness (QED) is 0.239. The summed E-state index contributed by atoms with van der Waals surface area (Å²) in [6, 6.07) is 26.1. The van der Waals surface area contributed by atoms with Gasteiger partial charge in [0.2, 0.25) is 0 Å². The van der Waals surface area contributed by atoms with Crippen molar-refractivity contribution in [2.45, 2.75) is 13.8 Å². The highest BCUT2D eigenvalue weighted by atomic mass is 15.5. The van der Waals surface area contributed by atoms with Gasteiger partial charge in [-0.3, -0.25) is 0 Å². The summed E-state index contributed by atoms with van der Waals surface area (Å²) in [6.07, 6.45) is 1.46. The van der Waals surface area contributed by atoms with Crippen LogP contribution in [0.5, 0.6) is 0 Å². The fourth-order valence-electron chi connectivity index (χ4n) is 2.32. The van der Waals surface area contributed by atoms with Gasteiger partial charge in [0, 0.05) is 0 Å². The van der Waals surface area contributed by atoms with Gasteiger partial charge in [0.05, 0.1) is 17.1 Å². The van der Waals surface area contributed by atoms with E-state index in [1.165, 1.54) is 17.5 Å². The number of benzene rings is 3. The van der Waals surface area contributed by atoms with Gasteiger partial charge in [0.1, 0.15) is 0 Å². The molecular formula is C21H20N4. The molecule has 0 aliphatic rings. The number of hydrazone groups is 1. The van der Waals surface area contributed by atoms with E-state index in [0.29, 0.717) is 0 Å². The zero-order valence-electron chi connectivity index (χ0n) is 14.4. The highest BCUT2D eigenvalue weighted by molar-refractivity contribution is 5.67. The monoisotopic (exact) mass is 328 g/mol. The zero-order valence-corrected chi connectivity index (χ0v) is 14.4. The Hall–Kier alpha value is -3.27. The zero-order chi connectivity index (χ0) is 17.5. The Bertz CT molecular complexity index is 851. The van der Waals surface area contributed by atoms with Crippen molar-refractivity contribution in [2.24, 2.45) is 15.3 Å². The van der Waals surface area contributed by atoms with Crippen molar-refractivity contribution in [3.05, 3.63) is 90.0 Å². The van der Waals surface area contributed by atoms with Gasteiger partial charge in [-0.1, -0.05) is 53.6 Å². The fraction of sp³-hybridized carbons (Fsp3) is 0.0952. The Kier molecular flexibility index (Phi) is 5.32. The molecule has 3 aromatic carbocycles. The first-order valence-electron chi connectivity index (χ1n) is 8.14. The van der Waals surface area contributed by atoms with Gasteiger partial charge >= 0.3 is 0 Å². The van der Waals surface area contributed by atoms with E-state index in [2.05, 4.69) is 34.4 Å². The minimum absolute atomic E-state index is 0.804. The number of azo groups is 1. The lowest BCUT2D eigenvalue weighted by Crippen LogP contribution is -2.08. The highest BCUT2D eigenvalue weighted by Gasteiger charge is 2.06. The Labute approximate surface area is 148 Å². The molecule has 0 fully saturated rings. The topological polar surface area (TPSA) is 40.3 Å². The van der Waals surface area contributed by atoms with Gasteiger partial charge in [-0.2, -0.15) is 5.10 Å². The number of hydrogen-bond acceptors (Lipinski definition) is 3. The van der Waals surface area contributed by atoms with Gasteiger partial charge in [0.25, 0.3) is 0 Å². The molecule has 25 heavy (non-hydrogen) atoms. The van der Waals surface area contributed by atoms with Crippen LogP contribution in [0.15, 0.2) is 94.2 Å². The van der Waals surface area contributed by atoms with E-state index in [0.717, 1.165) is 17.1 Å². The van der Waals surface area contributed by atoms with Crippen molar-refractivity contribution in [3.8, 4) is 0 Å². The second kappa shape index (κ2) is 8.02. The van der Waals surface area contributed by atoms with E-state index in [1.54, 1.807) is 0 Å². The van der Waals surface area contributed by atoms with Crippen molar-refractivity contribution in [3.63, 3.8) is 0 Å². The Morgan fingerprint density at radius 2 is 1.24 bits per heavy atom. The molecule has 0 atom stereocenters. The molecule has 4 heteroatoms. The molecular weight excluding hydrogens is 308 g/mol. The molecule has 0 aliphatic carbocycles. The molecule has 3 aromatic rings. The maximum Gasteiger partial charge on any atom is 0.158 e. The van der Waals surface area contributed by atoms with E-state index >= 15 is 0 Å². The van der Waals surface area contributed by atoms with E-state index in [9.17, 15) is 0 Å². The van der Waals surface area contributed by atoms with Crippen molar-refractivity contribution < 1.29 is 0 Å². The van der Waals surface area contributed by atoms with Gasteiger partial charge in [-0.05, 0) is 50.2 Å². The van der Waals surface area contributed by atoms with Gasteiger partial charge in [-0.25, -0.2) is 5.01 Å². The van der Waals surface area contributed by atoms with Crippen LogP contribution in [0.1, 0.15) is 11.1 Å². The lowest BCUT2D eigenvalue weighted by atomic mass is 10.2. The van der Waals surface area contributed by atoms with E-state index in [-0.39, 0.29) is 0 Å².